The molecule has 1 aliphatic heterocycles. The number of halogens is 1. The van der Waals surface area contributed by atoms with Gasteiger partial charge in [0.1, 0.15) is 0 Å². The smallest absolute Gasteiger partial charge is 0.303 e. The van der Waals surface area contributed by atoms with Crippen LogP contribution in [0, 0.1) is 0 Å². The second kappa shape index (κ2) is 9.88. The highest BCUT2D eigenvalue weighted by Crippen LogP contribution is 2.32. The number of hydrogen-bond donors (Lipinski definition) is 0. The SMILES string of the molecule is CC(=O)OC(C(=O)N1CCN(c2ccccc2)CC1)c1ccccc1-c1ccc(Cl)cc1. The van der Waals surface area contributed by atoms with Crippen molar-refractivity contribution in [3.63, 3.8) is 0 Å². The lowest BCUT2D eigenvalue weighted by atomic mass is 9.95. The lowest BCUT2D eigenvalue weighted by Crippen LogP contribution is -2.50. The van der Waals surface area contributed by atoms with E-state index in [9.17, 15) is 9.59 Å². The van der Waals surface area contributed by atoms with Crippen LogP contribution in [-0.2, 0) is 14.3 Å². The number of carbonyl (C=O) groups is 2. The van der Waals surface area contributed by atoms with Crippen LogP contribution in [0.25, 0.3) is 11.1 Å². The summed E-state index contributed by atoms with van der Waals surface area (Å²) < 4.78 is 5.58. The molecule has 3 aromatic rings. The first-order chi connectivity index (χ1) is 15.5. The molecule has 0 aromatic heterocycles. The van der Waals surface area contributed by atoms with Gasteiger partial charge in [0.25, 0.3) is 5.91 Å². The molecule has 6 heteroatoms. The first kappa shape index (κ1) is 21.9. The maximum absolute atomic E-state index is 13.5. The molecule has 1 aliphatic rings. The molecule has 1 fully saturated rings. The van der Waals surface area contributed by atoms with Crippen molar-refractivity contribution in [1.29, 1.82) is 0 Å². The largest absolute Gasteiger partial charge is 0.447 e. The van der Waals surface area contributed by atoms with E-state index in [1.807, 2.05) is 54.6 Å². The summed E-state index contributed by atoms with van der Waals surface area (Å²) in [6, 6.07) is 25.1. The number of para-hydroxylation sites is 1. The Morgan fingerprint density at radius 1 is 0.844 bits per heavy atom. The molecule has 4 rings (SSSR count). The van der Waals surface area contributed by atoms with Crippen LogP contribution < -0.4 is 4.90 Å². The van der Waals surface area contributed by atoms with E-state index < -0.39 is 12.1 Å². The van der Waals surface area contributed by atoms with Crippen molar-refractivity contribution in [2.75, 3.05) is 31.1 Å². The number of anilines is 1. The predicted molar refractivity (Wildman–Crippen MR) is 127 cm³/mol. The number of piperazine rings is 1. The van der Waals surface area contributed by atoms with Gasteiger partial charge in [0.05, 0.1) is 0 Å². The standard InChI is InChI=1S/C26H25ClN2O3/c1-19(30)32-25(24-10-6-5-9-23(24)20-11-13-21(27)14-12-20)26(31)29-17-15-28(16-18-29)22-7-3-2-4-8-22/h2-14,25H,15-18H2,1H3. The lowest BCUT2D eigenvalue weighted by molar-refractivity contribution is -0.159. The Morgan fingerprint density at radius 2 is 1.47 bits per heavy atom. The maximum Gasteiger partial charge on any atom is 0.303 e. The molecule has 3 aromatic carbocycles. The van der Waals surface area contributed by atoms with Gasteiger partial charge in [-0.3, -0.25) is 9.59 Å². The van der Waals surface area contributed by atoms with Crippen molar-refractivity contribution < 1.29 is 14.3 Å². The average molecular weight is 449 g/mol. The fourth-order valence-corrected chi connectivity index (χ4v) is 4.15. The Morgan fingerprint density at radius 3 is 2.12 bits per heavy atom. The second-order valence-electron chi connectivity index (χ2n) is 7.73. The van der Waals surface area contributed by atoms with E-state index in [2.05, 4.69) is 17.0 Å². The van der Waals surface area contributed by atoms with Gasteiger partial charge in [0, 0.05) is 49.4 Å². The highest BCUT2D eigenvalue weighted by molar-refractivity contribution is 6.30. The third-order valence-corrected chi connectivity index (χ3v) is 5.87. The van der Waals surface area contributed by atoms with Gasteiger partial charge in [-0.1, -0.05) is 66.2 Å². The molecule has 5 nitrogen and oxygen atoms in total. The first-order valence-corrected chi connectivity index (χ1v) is 11.0. The zero-order valence-corrected chi connectivity index (χ0v) is 18.7. The van der Waals surface area contributed by atoms with Crippen molar-refractivity contribution in [3.05, 3.63) is 89.4 Å². The van der Waals surface area contributed by atoms with Gasteiger partial charge in [0.2, 0.25) is 6.10 Å². The number of carbonyl (C=O) groups excluding carboxylic acids is 2. The fourth-order valence-electron chi connectivity index (χ4n) is 4.02. The van der Waals surface area contributed by atoms with Crippen molar-refractivity contribution in [2.24, 2.45) is 0 Å². The summed E-state index contributed by atoms with van der Waals surface area (Å²) in [6.07, 6.45) is -0.998. The van der Waals surface area contributed by atoms with Gasteiger partial charge in [-0.2, -0.15) is 0 Å². The minimum absolute atomic E-state index is 0.200. The van der Waals surface area contributed by atoms with E-state index in [0.717, 1.165) is 29.9 Å². The number of ether oxygens (including phenoxy) is 1. The molecular formula is C26H25ClN2O3. The summed E-state index contributed by atoms with van der Waals surface area (Å²) in [5.41, 5.74) is 3.56. The number of hydrogen-bond acceptors (Lipinski definition) is 4. The molecule has 1 heterocycles. The number of nitrogens with zero attached hydrogens (tertiary/aromatic N) is 2. The fraction of sp³-hybridized carbons (Fsp3) is 0.231. The van der Waals surface area contributed by atoms with Gasteiger partial charge in [0.15, 0.2) is 0 Å². The highest BCUT2D eigenvalue weighted by atomic mass is 35.5. The molecule has 1 atom stereocenters. The molecule has 0 saturated carbocycles. The summed E-state index contributed by atoms with van der Waals surface area (Å²) in [4.78, 5) is 29.5. The third kappa shape index (κ3) is 4.94. The molecular weight excluding hydrogens is 424 g/mol. The summed E-state index contributed by atoms with van der Waals surface area (Å²) in [5, 5.41) is 0.634. The summed E-state index contributed by atoms with van der Waals surface area (Å²) in [7, 11) is 0. The average Bonchev–Trinajstić information content (AvgIpc) is 2.83. The molecule has 1 saturated heterocycles. The van der Waals surface area contributed by atoms with E-state index in [1.165, 1.54) is 6.92 Å². The molecule has 0 radical (unpaired) electrons. The minimum Gasteiger partial charge on any atom is -0.447 e. The van der Waals surface area contributed by atoms with Crippen LogP contribution in [0.4, 0.5) is 5.69 Å². The molecule has 32 heavy (non-hydrogen) atoms. The van der Waals surface area contributed by atoms with Crippen LogP contribution in [-0.4, -0.2) is 43.0 Å². The predicted octanol–water partition coefficient (Wildman–Crippen LogP) is 4.96. The molecule has 1 unspecified atom stereocenters. The van der Waals surface area contributed by atoms with E-state index >= 15 is 0 Å². The van der Waals surface area contributed by atoms with Crippen LogP contribution in [0.3, 0.4) is 0 Å². The Labute approximate surface area is 193 Å². The zero-order chi connectivity index (χ0) is 22.5. The van der Waals surface area contributed by atoms with Crippen molar-refractivity contribution >= 4 is 29.2 Å². The lowest BCUT2D eigenvalue weighted by Gasteiger charge is -2.37. The summed E-state index contributed by atoms with van der Waals surface area (Å²) >= 11 is 6.04. The molecule has 0 N–H and O–H groups in total. The van der Waals surface area contributed by atoms with Crippen LogP contribution >= 0.6 is 11.6 Å². The molecule has 1 amide bonds. The van der Waals surface area contributed by atoms with Crippen LogP contribution in [0.15, 0.2) is 78.9 Å². The Bertz CT molecular complexity index is 1080. The van der Waals surface area contributed by atoms with E-state index in [0.29, 0.717) is 23.7 Å². The Hall–Kier alpha value is -3.31. The van der Waals surface area contributed by atoms with Gasteiger partial charge < -0.3 is 14.5 Å². The van der Waals surface area contributed by atoms with Gasteiger partial charge in [-0.25, -0.2) is 0 Å². The van der Waals surface area contributed by atoms with E-state index in [4.69, 9.17) is 16.3 Å². The maximum atomic E-state index is 13.5. The van der Waals surface area contributed by atoms with E-state index in [-0.39, 0.29) is 5.91 Å². The molecule has 0 spiro atoms. The van der Waals surface area contributed by atoms with Gasteiger partial charge in [-0.05, 0) is 35.4 Å². The summed E-state index contributed by atoms with van der Waals surface area (Å²) in [5.74, 6) is -0.688. The monoisotopic (exact) mass is 448 g/mol. The molecule has 164 valence electrons. The quantitative estimate of drug-likeness (QED) is 0.517. The second-order valence-corrected chi connectivity index (χ2v) is 8.17. The zero-order valence-electron chi connectivity index (χ0n) is 17.9. The third-order valence-electron chi connectivity index (χ3n) is 5.62. The van der Waals surface area contributed by atoms with E-state index in [1.54, 1.807) is 17.0 Å². The van der Waals surface area contributed by atoms with Crippen molar-refractivity contribution in [2.45, 2.75) is 13.0 Å². The Balaban J connectivity index is 1.58. The van der Waals surface area contributed by atoms with Crippen molar-refractivity contribution in [3.8, 4) is 11.1 Å². The molecule has 0 bridgehead atoms. The molecule has 0 aliphatic carbocycles. The number of rotatable bonds is 5. The minimum atomic E-state index is -0.998. The van der Waals surface area contributed by atoms with Crippen molar-refractivity contribution in [1.82, 2.24) is 4.90 Å². The highest BCUT2D eigenvalue weighted by Gasteiger charge is 2.32. The number of esters is 1. The number of amides is 1. The normalized spacial score (nSPS) is 14.7. The number of benzene rings is 3. The van der Waals surface area contributed by atoms with Gasteiger partial charge in [-0.15, -0.1) is 0 Å². The van der Waals surface area contributed by atoms with Crippen LogP contribution in [0.1, 0.15) is 18.6 Å². The first-order valence-electron chi connectivity index (χ1n) is 10.6. The van der Waals surface area contributed by atoms with Crippen LogP contribution in [0.5, 0.6) is 0 Å². The topological polar surface area (TPSA) is 49.9 Å². The Kier molecular flexibility index (Phi) is 6.76. The van der Waals surface area contributed by atoms with Crippen LogP contribution in [0.2, 0.25) is 5.02 Å². The van der Waals surface area contributed by atoms with Gasteiger partial charge >= 0.3 is 5.97 Å². The summed E-state index contributed by atoms with van der Waals surface area (Å²) in [6.45, 7) is 3.91.